The van der Waals surface area contributed by atoms with Crippen LogP contribution in [0, 0.1) is 29.6 Å². The van der Waals surface area contributed by atoms with Crippen LogP contribution >= 0.6 is 11.3 Å². The van der Waals surface area contributed by atoms with E-state index >= 15 is 0 Å². The van der Waals surface area contributed by atoms with E-state index in [0.717, 1.165) is 5.56 Å². The Kier molecular flexibility index (Phi) is 6.72. The topological polar surface area (TPSA) is 137 Å². The van der Waals surface area contributed by atoms with Crippen molar-refractivity contribution in [2.75, 3.05) is 12.4 Å². The highest BCUT2D eigenvalue weighted by Gasteiger charge is 2.19. The van der Waals surface area contributed by atoms with Crippen LogP contribution in [-0.2, 0) is 6.42 Å². The second-order valence-electron chi connectivity index (χ2n) is 8.28. The smallest absolute Gasteiger partial charge is 0.259 e. The van der Waals surface area contributed by atoms with Gasteiger partial charge in [-0.1, -0.05) is 17.4 Å². The number of benzene rings is 1. The van der Waals surface area contributed by atoms with E-state index in [0.29, 0.717) is 67.0 Å². The Hall–Kier alpha value is -5.19. The lowest BCUT2D eigenvalue weighted by Crippen LogP contribution is -2.14. The number of pyridine rings is 3. The lowest BCUT2D eigenvalue weighted by atomic mass is 9.97. The van der Waals surface area contributed by atoms with Gasteiger partial charge in [0, 0.05) is 29.2 Å². The molecule has 4 aromatic heterocycles. The number of fused-ring (bicyclic) bond motifs is 1. The van der Waals surface area contributed by atoms with Crippen molar-refractivity contribution in [3.8, 4) is 40.4 Å². The van der Waals surface area contributed by atoms with Crippen molar-refractivity contribution >= 4 is 32.7 Å². The number of nitrogens with one attached hydrogen (secondary N) is 1. The summed E-state index contributed by atoms with van der Waals surface area (Å²) in [4.78, 5) is 31.9. The first kappa shape index (κ1) is 24.5. The van der Waals surface area contributed by atoms with Gasteiger partial charge in [-0.05, 0) is 55.0 Å². The maximum Gasteiger partial charge on any atom is 0.259 e. The van der Waals surface area contributed by atoms with Crippen LogP contribution in [0.1, 0.15) is 27.2 Å². The first-order valence-corrected chi connectivity index (χ1v) is 12.3. The van der Waals surface area contributed by atoms with Crippen molar-refractivity contribution in [2.45, 2.75) is 13.3 Å². The minimum atomic E-state index is -0.397. The van der Waals surface area contributed by atoms with Crippen molar-refractivity contribution in [3.05, 3.63) is 83.3 Å². The van der Waals surface area contributed by atoms with Crippen molar-refractivity contribution in [1.29, 1.82) is 10.5 Å². The molecule has 0 fully saturated rings. The lowest BCUT2D eigenvalue weighted by molar-refractivity contribution is 0.102. The van der Waals surface area contributed by atoms with Crippen LogP contribution in [0.5, 0.6) is 5.75 Å². The number of ether oxygens (including phenoxy) is 1. The first-order chi connectivity index (χ1) is 18.5. The van der Waals surface area contributed by atoms with Gasteiger partial charge in [-0.25, -0.2) is 9.97 Å². The van der Waals surface area contributed by atoms with Gasteiger partial charge in [0.1, 0.15) is 16.1 Å². The van der Waals surface area contributed by atoms with Crippen LogP contribution in [0.4, 0.5) is 5.13 Å². The molecule has 0 spiro atoms. The number of nitriles is 2. The maximum atomic E-state index is 13.4. The number of rotatable bonds is 6. The summed E-state index contributed by atoms with van der Waals surface area (Å²) in [6.07, 6.45) is 3.47. The van der Waals surface area contributed by atoms with E-state index in [2.05, 4.69) is 37.4 Å². The number of hydrogen-bond donors (Lipinski definition) is 1. The third kappa shape index (κ3) is 4.89. The van der Waals surface area contributed by atoms with Gasteiger partial charge in [0.25, 0.3) is 5.91 Å². The molecule has 5 aromatic rings. The number of aromatic nitrogens is 4. The molecule has 38 heavy (non-hydrogen) atoms. The fourth-order valence-corrected chi connectivity index (χ4v) is 4.73. The van der Waals surface area contributed by atoms with Crippen molar-refractivity contribution < 1.29 is 9.53 Å². The molecule has 0 unspecified atom stereocenters. The van der Waals surface area contributed by atoms with Gasteiger partial charge in [0.2, 0.25) is 0 Å². The van der Waals surface area contributed by atoms with Gasteiger partial charge in [0.05, 0.1) is 48.2 Å². The van der Waals surface area contributed by atoms with Crippen LogP contribution in [0.3, 0.4) is 0 Å². The predicted molar refractivity (Wildman–Crippen MR) is 144 cm³/mol. The highest BCUT2D eigenvalue weighted by atomic mass is 32.1. The van der Waals surface area contributed by atoms with E-state index in [1.54, 1.807) is 30.5 Å². The number of aryl methyl sites for hydroxylation is 1. The third-order valence-corrected chi connectivity index (χ3v) is 6.63. The van der Waals surface area contributed by atoms with Gasteiger partial charge in [0.15, 0.2) is 5.13 Å². The van der Waals surface area contributed by atoms with Crippen LogP contribution in [0.2, 0.25) is 0 Å². The highest BCUT2D eigenvalue weighted by Crippen LogP contribution is 2.34. The van der Waals surface area contributed by atoms with Crippen molar-refractivity contribution in [3.63, 3.8) is 0 Å². The second-order valence-corrected chi connectivity index (χ2v) is 9.26. The lowest BCUT2D eigenvalue weighted by Gasteiger charge is -2.13. The zero-order chi connectivity index (χ0) is 26.6. The summed E-state index contributed by atoms with van der Waals surface area (Å²) in [6.45, 7) is 1.83. The molecule has 0 aliphatic carbocycles. The van der Waals surface area contributed by atoms with Crippen molar-refractivity contribution in [1.82, 2.24) is 19.9 Å². The molecule has 184 valence electrons. The number of nitrogens with zero attached hydrogens (tertiary/aromatic N) is 6. The van der Waals surface area contributed by atoms with Gasteiger partial charge < -0.3 is 4.74 Å². The van der Waals surface area contributed by atoms with E-state index in [-0.39, 0.29) is 0 Å². The number of methoxy groups -OCH3 is 1. The summed E-state index contributed by atoms with van der Waals surface area (Å²) >= 11 is 1.25. The maximum absolute atomic E-state index is 13.4. The largest absolute Gasteiger partial charge is 0.496 e. The summed E-state index contributed by atoms with van der Waals surface area (Å²) in [6, 6.07) is 18.4. The van der Waals surface area contributed by atoms with Gasteiger partial charge in [-0.2, -0.15) is 10.5 Å². The molecular formula is C28H19N7O2S. The standard InChI is InChI=1S/C28H19N7O2S/c1-16-11-19(20-12-18(13-30)4-8-25(20)37-2)21(15-31-16)26(36)35-28-34-24-7-6-23(33-27(24)38-28)22-5-3-17(9-10-29)14-32-22/h3-8,11-12,14-15H,9H2,1-2H3,(H,34,35,36). The molecule has 0 aliphatic rings. The number of thiazole rings is 1. The molecule has 9 nitrogen and oxygen atoms in total. The van der Waals surface area contributed by atoms with E-state index in [9.17, 15) is 10.1 Å². The molecular weight excluding hydrogens is 498 g/mol. The Morgan fingerprint density at radius 2 is 1.84 bits per heavy atom. The number of anilines is 1. The molecule has 1 N–H and O–H groups in total. The molecule has 4 heterocycles. The molecule has 1 aromatic carbocycles. The fourth-order valence-electron chi connectivity index (χ4n) is 3.90. The molecule has 10 heteroatoms. The normalized spacial score (nSPS) is 10.5. The summed E-state index contributed by atoms with van der Waals surface area (Å²) in [5.74, 6) is 0.139. The first-order valence-electron chi connectivity index (χ1n) is 11.5. The molecule has 0 saturated carbocycles. The van der Waals surface area contributed by atoms with Gasteiger partial charge >= 0.3 is 0 Å². The zero-order valence-electron chi connectivity index (χ0n) is 20.4. The van der Waals surface area contributed by atoms with E-state index < -0.39 is 5.91 Å². The van der Waals surface area contributed by atoms with Crippen molar-refractivity contribution in [2.24, 2.45) is 0 Å². The summed E-state index contributed by atoms with van der Waals surface area (Å²) in [5, 5.41) is 21.5. The van der Waals surface area contributed by atoms with Crippen LogP contribution in [-0.4, -0.2) is 33.0 Å². The minimum Gasteiger partial charge on any atom is -0.496 e. The Morgan fingerprint density at radius 1 is 1.00 bits per heavy atom. The fraction of sp³-hybridized carbons (Fsp3) is 0.107. The predicted octanol–water partition coefficient (Wildman–Crippen LogP) is 5.32. The van der Waals surface area contributed by atoms with Gasteiger partial charge in [-0.3, -0.25) is 20.1 Å². The third-order valence-electron chi connectivity index (χ3n) is 5.75. The molecule has 0 atom stereocenters. The molecule has 0 saturated heterocycles. The Bertz CT molecular complexity index is 1770. The molecule has 1 amide bonds. The quantitative estimate of drug-likeness (QED) is 0.319. The monoisotopic (exact) mass is 517 g/mol. The van der Waals surface area contributed by atoms with E-state index in [1.165, 1.54) is 24.6 Å². The van der Waals surface area contributed by atoms with Crippen LogP contribution in [0.25, 0.3) is 32.9 Å². The average Bonchev–Trinajstić information content (AvgIpc) is 3.34. The van der Waals surface area contributed by atoms with Crippen LogP contribution in [0.15, 0.2) is 60.9 Å². The van der Waals surface area contributed by atoms with Crippen LogP contribution < -0.4 is 10.1 Å². The number of carbonyl (C=O) groups excluding carboxylic acids is 1. The summed E-state index contributed by atoms with van der Waals surface area (Å²) in [5.41, 5.74) is 5.51. The summed E-state index contributed by atoms with van der Waals surface area (Å²) < 4.78 is 5.50. The Morgan fingerprint density at radius 3 is 2.58 bits per heavy atom. The van der Waals surface area contributed by atoms with E-state index in [4.69, 9.17) is 10.00 Å². The number of amides is 1. The highest BCUT2D eigenvalue weighted by molar-refractivity contribution is 7.22. The summed E-state index contributed by atoms with van der Waals surface area (Å²) in [7, 11) is 1.54. The second kappa shape index (κ2) is 10.4. The SMILES string of the molecule is COc1ccc(C#N)cc1-c1cc(C)ncc1C(=O)Nc1nc2ccc(-c3ccc(CC#N)cn3)nc2s1. The number of hydrogen-bond acceptors (Lipinski definition) is 9. The van der Waals surface area contributed by atoms with Gasteiger partial charge in [-0.15, -0.1) is 0 Å². The molecule has 0 bridgehead atoms. The Balaban J connectivity index is 1.46. The van der Waals surface area contributed by atoms with E-state index in [1.807, 2.05) is 31.2 Å². The zero-order valence-corrected chi connectivity index (χ0v) is 21.2. The molecule has 0 aliphatic heterocycles. The molecule has 0 radical (unpaired) electrons. The molecule has 5 rings (SSSR count). The Labute approximate surface area is 222 Å². The average molecular weight is 518 g/mol. The number of carbonyl (C=O) groups is 1. The minimum absolute atomic E-state index is 0.298.